The molecule has 0 unspecified atom stereocenters. The standard InChI is InChI=1S/C7H12N4/c8-11-10-7-2-1-5-3-9-4-6(5)7/h5-7,9H,1-4H2/t5-,6-,7+/m1/s1. The lowest BCUT2D eigenvalue weighted by Crippen LogP contribution is -2.18. The van der Waals surface area contributed by atoms with Gasteiger partial charge in [0.25, 0.3) is 0 Å². The highest BCUT2D eigenvalue weighted by Gasteiger charge is 2.38. The largest absolute Gasteiger partial charge is 0.316 e. The SMILES string of the molecule is [N-]=[N+]=N[C@H]1CC[C@@H]2CNC[C@H]21. The molecule has 1 saturated carbocycles. The molecule has 0 radical (unpaired) electrons. The Morgan fingerprint density at radius 2 is 2.27 bits per heavy atom. The first-order chi connectivity index (χ1) is 5.42. The van der Waals surface area contributed by atoms with Crippen molar-refractivity contribution < 1.29 is 0 Å². The third kappa shape index (κ3) is 1.08. The van der Waals surface area contributed by atoms with Crippen LogP contribution in [-0.4, -0.2) is 19.1 Å². The lowest BCUT2D eigenvalue weighted by atomic mass is 9.98. The van der Waals surface area contributed by atoms with Crippen molar-refractivity contribution in [3.8, 4) is 0 Å². The molecule has 2 fully saturated rings. The molecule has 1 saturated heterocycles. The van der Waals surface area contributed by atoms with Crippen LogP contribution in [0.15, 0.2) is 5.11 Å². The van der Waals surface area contributed by atoms with Crippen molar-refractivity contribution in [3.05, 3.63) is 10.4 Å². The summed E-state index contributed by atoms with van der Waals surface area (Å²) >= 11 is 0. The molecule has 3 atom stereocenters. The lowest BCUT2D eigenvalue weighted by molar-refractivity contribution is 0.452. The van der Waals surface area contributed by atoms with Gasteiger partial charge in [0.2, 0.25) is 0 Å². The van der Waals surface area contributed by atoms with Crippen LogP contribution >= 0.6 is 0 Å². The van der Waals surface area contributed by atoms with Crippen molar-refractivity contribution in [3.63, 3.8) is 0 Å². The molecule has 0 aromatic rings. The number of nitrogens with zero attached hydrogens (tertiary/aromatic N) is 3. The van der Waals surface area contributed by atoms with E-state index in [1.165, 1.54) is 6.42 Å². The van der Waals surface area contributed by atoms with E-state index in [1.807, 2.05) is 0 Å². The molecule has 2 rings (SSSR count). The quantitative estimate of drug-likeness (QED) is 0.343. The Kier molecular flexibility index (Phi) is 1.72. The monoisotopic (exact) mass is 152 g/mol. The Bertz CT molecular complexity index is 197. The van der Waals surface area contributed by atoms with E-state index in [0.717, 1.165) is 25.4 Å². The van der Waals surface area contributed by atoms with Crippen LogP contribution in [0.5, 0.6) is 0 Å². The van der Waals surface area contributed by atoms with Crippen LogP contribution in [0.2, 0.25) is 0 Å². The molecule has 2 aliphatic rings. The first-order valence-electron chi connectivity index (χ1n) is 4.16. The summed E-state index contributed by atoms with van der Waals surface area (Å²) in [6.45, 7) is 2.18. The van der Waals surface area contributed by atoms with Crippen molar-refractivity contribution in [2.75, 3.05) is 13.1 Å². The highest BCUT2D eigenvalue weighted by Crippen LogP contribution is 2.36. The Labute approximate surface area is 65.6 Å². The molecule has 1 N–H and O–H groups in total. The molecule has 0 aromatic carbocycles. The number of fused-ring (bicyclic) bond motifs is 1. The second-order valence-corrected chi connectivity index (χ2v) is 3.43. The number of hydrogen-bond acceptors (Lipinski definition) is 2. The van der Waals surface area contributed by atoms with Gasteiger partial charge in [0.05, 0.1) is 0 Å². The lowest BCUT2D eigenvalue weighted by Gasteiger charge is -2.10. The van der Waals surface area contributed by atoms with Crippen LogP contribution in [0.3, 0.4) is 0 Å². The molecular formula is C7H12N4. The fraction of sp³-hybridized carbons (Fsp3) is 1.00. The van der Waals surface area contributed by atoms with Gasteiger partial charge in [-0.3, -0.25) is 0 Å². The van der Waals surface area contributed by atoms with Crippen LogP contribution in [0.4, 0.5) is 0 Å². The van der Waals surface area contributed by atoms with Crippen LogP contribution in [-0.2, 0) is 0 Å². The Morgan fingerprint density at radius 1 is 1.36 bits per heavy atom. The average molecular weight is 152 g/mol. The third-order valence-corrected chi connectivity index (χ3v) is 2.92. The second-order valence-electron chi connectivity index (χ2n) is 3.43. The molecule has 4 nitrogen and oxygen atoms in total. The Hall–Kier alpha value is -0.730. The van der Waals surface area contributed by atoms with Crippen molar-refractivity contribution in [2.45, 2.75) is 18.9 Å². The van der Waals surface area contributed by atoms with Crippen LogP contribution < -0.4 is 5.32 Å². The van der Waals surface area contributed by atoms with E-state index in [9.17, 15) is 0 Å². The fourth-order valence-corrected chi connectivity index (χ4v) is 2.33. The highest BCUT2D eigenvalue weighted by molar-refractivity contribution is 4.95. The molecule has 0 amide bonds. The van der Waals surface area contributed by atoms with E-state index in [1.54, 1.807) is 0 Å². The molecule has 4 heteroatoms. The number of azide groups is 1. The van der Waals surface area contributed by atoms with Crippen molar-refractivity contribution in [2.24, 2.45) is 17.0 Å². The summed E-state index contributed by atoms with van der Waals surface area (Å²) in [5.41, 5.74) is 8.28. The number of hydrogen-bond donors (Lipinski definition) is 1. The summed E-state index contributed by atoms with van der Waals surface area (Å²) < 4.78 is 0. The first-order valence-corrected chi connectivity index (χ1v) is 4.16. The predicted molar refractivity (Wildman–Crippen MR) is 42.0 cm³/mol. The summed E-state index contributed by atoms with van der Waals surface area (Å²) in [4.78, 5) is 2.88. The number of rotatable bonds is 1. The van der Waals surface area contributed by atoms with Crippen LogP contribution in [0.25, 0.3) is 10.4 Å². The topological polar surface area (TPSA) is 60.8 Å². The Balaban J connectivity index is 2.08. The fourth-order valence-electron chi connectivity index (χ4n) is 2.33. The summed E-state index contributed by atoms with van der Waals surface area (Å²) in [6, 6.07) is 0.278. The minimum Gasteiger partial charge on any atom is -0.316 e. The molecule has 1 aliphatic heterocycles. The van der Waals surface area contributed by atoms with Crippen molar-refractivity contribution in [1.82, 2.24) is 5.32 Å². The van der Waals surface area contributed by atoms with Crippen LogP contribution in [0, 0.1) is 11.8 Å². The maximum Gasteiger partial charge on any atom is 0.0417 e. The van der Waals surface area contributed by atoms with Gasteiger partial charge < -0.3 is 5.32 Å². The minimum atomic E-state index is 0.278. The van der Waals surface area contributed by atoms with Gasteiger partial charge in [-0.2, -0.15) is 0 Å². The smallest absolute Gasteiger partial charge is 0.0417 e. The van der Waals surface area contributed by atoms with E-state index in [4.69, 9.17) is 5.53 Å². The van der Waals surface area contributed by atoms with E-state index < -0.39 is 0 Å². The highest BCUT2D eigenvalue weighted by atomic mass is 15.2. The maximum atomic E-state index is 8.28. The van der Waals surface area contributed by atoms with E-state index >= 15 is 0 Å². The second kappa shape index (κ2) is 2.72. The molecule has 1 heterocycles. The van der Waals surface area contributed by atoms with Crippen LogP contribution in [0.1, 0.15) is 12.8 Å². The maximum absolute atomic E-state index is 8.28. The molecule has 60 valence electrons. The van der Waals surface area contributed by atoms with Gasteiger partial charge in [0, 0.05) is 11.0 Å². The summed E-state index contributed by atoms with van der Waals surface area (Å²) in [5.74, 6) is 1.41. The molecule has 0 spiro atoms. The van der Waals surface area contributed by atoms with Gasteiger partial charge in [0.1, 0.15) is 0 Å². The van der Waals surface area contributed by atoms with Gasteiger partial charge in [0.15, 0.2) is 0 Å². The number of nitrogens with one attached hydrogen (secondary N) is 1. The van der Waals surface area contributed by atoms with Gasteiger partial charge in [-0.1, -0.05) is 5.11 Å². The molecule has 0 bridgehead atoms. The van der Waals surface area contributed by atoms with Gasteiger partial charge in [-0.05, 0) is 43.3 Å². The minimum absolute atomic E-state index is 0.278. The normalized spacial score (nSPS) is 41.6. The molecular weight excluding hydrogens is 140 g/mol. The van der Waals surface area contributed by atoms with Crippen molar-refractivity contribution in [1.29, 1.82) is 0 Å². The predicted octanol–water partition coefficient (Wildman–Crippen LogP) is 1.29. The Morgan fingerprint density at radius 3 is 3.09 bits per heavy atom. The summed E-state index contributed by atoms with van der Waals surface area (Å²) in [5, 5.41) is 7.14. The average Bonchev–Trinajstić information content (AvgIpc) is 2.53. The van der Waals surface area contributed by atoms with E-state index in [0.29, 0.717) is 5.92 Å². The molecule has 11 heavy (non-hydrogen) atoms. The molecule has 0 aromatic heterocycles. The summed E-state index contributed by atoms with van der Waals surface area (Å²) in [7, 11) is 0. The van der Waals surface area contributed by atoms with E-state index in [-0.39, 0.29) is 6.04 Å². The van der Waals surface area contributed by atoms with Gasteiger partial charge in [-0.25, -0.2) is 0 Å². The zero-order valence-electron chi connectivity index (χ0n) is 6.40. The zero-order chi connectivity index (χ0) is 7.68. The van der Waals surface area contributed by atoms with Gasteiger partial charge in [-0.15, -0.1) is 0 Å². The molecule has 1 aliphatic carbocycles. The third-order valence-electron chi connectivity index (χ3n) is 2.92. The van der Waals surface area contributed by atoms with E-state index in [2.05, 4.69) is 15.3 Å². The van der Waals surface area contributed by atoms with Crippen molar-refractivity contribution >= 4 is 0 Å². The summed E-state index contributed by atoms with van der Waals surface area (Å²) in [6.07, 6.45) is 2.34. The van der Waals surface area contributed by atoms with Gasteiger partial charge >= 0.3 is 0 Å². The first kappa shape index (κ1) is 6.95. The zero-order valence-corrected chi connectivity index (χ0v) is 6.40.